The van der Waals surface area contributed by atoms with Crippen molar-refractivity contribution in [3.05, 3.63) is 41.9 Å². The molecule has 0 aliphatic heterocycles. The van der Waals surface area contributed by atoms with Crippen molar-refractivity contribution >= 4 is 0 Å². The van der Waals surface area contributed by atoms with Gasteiger partial charge in [0.2, 0.25) is 0 Å². The summed E-state index contributed by atoms with van der Waals surface area (Å²) in [6.45, 7) is 7.06. The van der Waals surface area contributed by atoms with Crippen LogP contribution in [0.5, 0.6) is 0 Å². The van der Waals surface area contributed by atoms with E-state index in [1.807, 2.05) is 18.5 Å². The zero-order valence-corrected chi connectivity index (χ0v) is 11.1. The molecule has 2 rings (SSSR count). The average Bonchev–Trinajstić information content (AvgIpc) is 3.00. The minimum absolute atomic E-state index is 0.795. The number of furan rings is 1. The number of rotatable bonds is 7. The molecule has 2 aromatic heterocycles. The standard InChI is InChI=1S/C14H21N3O/c1-3-6-15-11-13-12(5-9-18-13)10-14-16-7-8-17(14)4-2/h5,7-9,15H,3-4,6,10-11H2,1-2H3. The van der Waals surface area contributed by atoms with E-state index in [0.717, 1.165) is 44.1 Å². The fourth-order valence-corrected chi connectivity index (χ4v) is 2.02. The van der Waals surface area contributed by atoms with Gasteiger partial charge in [-0.25, -0.2) is 4.98 Å². The number of nitrogens with one attached hydrogen (secondary N) is 1. The van der Waals surface area contributed by atoms with Gasteiger partial charge >= 0.3 is 0 Å². The minimum Gasteiger partial charge on any atom is -0.468 e. The van der Waals surface area contributed by atoms with Gasteiger partial charge in [-0.15, -0.1) is 0 Å². The second-order valence-electron chi connectivity index (χ2n) is 4.35. The Hall–Kier alpha value is -1.55. The van der Waals surface area contributed by atoms with Crippen molar-refractivity contribution in [2.24, 2.45) is 0 Å². The Morgan fingerprint density at radius 1 is 1.39 bits per heavy atom. The van der Waals surface area contributed by atoms with Gasteiger partial charge in [0.25, 0.3) is 0 Å². The summed E-state index contributed by atoms with van der Waals surface area (Å²) >= 11 is 0. The first-order valence-electron chi connectivity index (χ1n) is 6.61. The van der Waals surface area contributed by atoms with Gasteiger partial charge in [-0.2, -0.15) is 0 Å². The highest BCUT2D eigenvalue weighted by Gasteiger charge is 2.09. The molecule has 0 unspecified atom stereocenters. The van der Waals surface area contributed by atoms with Crippen molar-refractivity contribution in [1.82, 2.24) is 14.9 Å². The molecule has 0 spiro atoms. The molecule has 0 amide bonds. The second-order valence-corrected chi connectivity index (χ2v) is 4.35. The third-order valence-corrected chi connectivity index (χ3v) is 3.04. The third kappa shape index (κ3) is 3.01. The lowest BCUT2D eigenvalue weighted by Gasteiger charge is -2.06. The maximum atomic E-state index is 5.53. The predicted molar refractivity (Wildman–Crippen MR) is 71.4 cm³/mol. The zero-order valence-electron chi connectivity index (χ0n) is 11.1. The van der Waals surface area contributed by atoms with Crippen molar-refractivity contribution in [2.75, 3.05) is 6.54 Å². The van der Waals surface area contributed by atoms with E-state index in [0.29, 0.717) is 0 Å². The molecule has 0 radical (unpaired) electrons. The van der Waals surface area contributed by atoms with Gasteiger partial charge in [0.05, 0.1) is 12.8 Å². The molecule has 1 N–H and O–H groups in total. The number of imidazole rings is 1. The molecule has 18 heavy (non-hydrogen) atoms. The minimum atomic E-state index is 0.795. The van der Waals surface area contributed by atoms with Crippen LogP contribution in [0.15, 0.2) is 29.1 Å². The van der Waals surface area contributed by atoms with Gasteiger partial charge in [-0.05, 0) is 26.0 Å². The molecule has 0 saturated carbocycles. The summed E-state index contributed by atoms with van der Waals surface area (Å²) in [6, 6.07) is 2.04. The first-order valence-corrected chi connectivity index (χ1v) is 6.61. The Morgan fingerprint density at radius 2 is 2.28 bits per heavy atom. The molecular weight excluding hydrogens is 226 g/mol. The molecule has 98 valence electrons. The number of aromatic nitrogens is 2. The maximum Gasteiger partial charge on any atom is 0.121 e. The molecule has 0 fully saturated rings. The smallest absolute Gasteiger partial charge is 0.121 e. The Bertz CT molecular complexity index is 473. The normalized spacial score (nSPS) is 11.0. The van der Waals surface area contributed by atoms with Crippen LogP contribution in [0.2, 0.25) is 0 Å². The number of nitrogens with zero attached hydrogens (tertiary/aromatic N) is 2. The van der Waals surface area contributed by atoms with Gasteiger partial charge in [0.15, 0.2) is 0 Å². The first-order chi connectivity index (χ1) is 8.85. The van der Waals surface area contributed by atoms with Crippen LogP contribution in [0.1, 0.15) is 37.4 Å². The molecule has 4 heteroatoms. The number of hydrogen-bond acceptors (Lipinski definition) is 3. The summed E-state index contributed by atoms with van der Waals surface area (Å²) in [4.78, 5) is 4.40. The van der Waals surface area contributed by atoms with E-state index in [9.17, 15) is 0 Å². The van der Waals surface area contributed by atoms with E-state index < -0.39 is 0 Å². The number of hydrogen-bond donors (Lipinski definition) is 1. The van der Waals surface area contributed by atoms with Crippen molar-refractivity contribution in [3.63, 3.8) is 0 Å². The quantitative estimate of drug-likeness (QED) is 0.765. The van der Waals surface area contributed by atoms with E-state index in [-0.39, 0.29) is 0 Å². The molecule has 0 aliphatic carbocycles. The van der Waals surface area contributed by atoms with Gasteiger partial charge in [0, 0.05) is 30.9 Å². The molecule has 0 aromatic carbocycles. The van der Waals surface area contributed by atoms with E-state index in [4.69, 9.17) is 4.42 Å². The van der Waals surface area contributed by atoms with Crippen LogP contribution in [-0.4, -0.2) is 16.1 Å². The van der Waals surface area contributed by atoms with Gasteiger partial charge in [0.1, 0.15) is 11.6 Å². The van der Waals surface area contributed by atoms with Crippen LogP contribution in [0, 0.1) is 0 Å². The predicted octanol–water partition coefficient (Wildman–Crippen LogP) is 2.59. The van der Waals surface area contributed by atoms with Gasteiger partial charge < -0.3 is 14.3 Å². The third-order valence-electron chi connectivity index (χ3n) is 3.04. The topological polar surface area (TPSA) is 43.0 Å². The van der Waals surface area contributed by atoms with Crippen LogP contribution in [0.3, 0.4) is 0 Å². The SMILES string of the molecule is CCCNCc1occc1Cc1nccn1CC. The van der Waals surface area contributed by atoms with Crippen molar-refractivity contribution < 1.29 is 4.42 Å². The van der Waals surface area contributed by atoms with Crippen molar-refractivity contribution in [2.45, 2.75) is 39.8 Å². The molecule has 0 atom stereocenters. The molecule has 0 saturated heterocycles. The number of aryl methyl sites for hydroxylation is 1. The summed E-state index contributed by atoms with van der Waals surface area (Å²) in [7, 11) is 0. The van der Waals surface area contributed by atoms with Crippen LogP contribution < -0.4 is 5.32 Å². The highest BCUT2D eigenvalue weighted by atomic mass is 16.3. The summed E-state index contributed by atoms with van der Waals surface area (Å²) in [6.07, 6.45) is 7.60. The van der Waals surface area contributed by atoms with E-state index in [1.165, 1.54) is 5.56 Å². The van der Waals surface area contributed by atoms with E-state index in [2.05, 4.69) is 28.7 Å². The van der Waals surface area contributed by atoms with Crippen LogP contribution in [0.4, 0.5) is 0 Å². The fourth-order valence-electron chi connectivity index (χ4n) is 2.02. The monoisotopic (exact) mass is 247 g/mol. The van der Waals surface area contributed by atoms with Crippen molar-refractivity contribution in [3.8, 4) is 0 Å². The second kappa shape index (κ2) is 6.40. The van der Waals surface area contributed by atoms with E-state index in [1.54, 1.807) is 6.26 Å². The molecule has 4 nitrogen and oxygen atoms in total. The van der Waals surface area contributed by atoms with Crippen LogP contribution in [-0.2, 0) is 19.5 Å². The van der Waals surface area contributed by atoms with Gasteiger partial charge in [-0.1, -0.05) is 6.92 Å². The largest absolute Gasteiger partial charge is 0.468 e. The lowest BCUT2D eigenvalue weighted by molar-refractivity contribution is 0.478. The summed E-state index contributed by atoms with van der Waals surface area (Å²) in [5.41, 5.74) is 1.22. The molecular formula is C14H21N3O. The van der Waals surface area contributed by atoms with Crippen LogP contribution >= 0.6 is 0 Å². The van der Waals surface area contributed by atoms with Crippen molar-refractivity contribution in [1.29, 1.82) is 0 Å². The molecule has 2 aromatic rings. The summed E-state index contributed by atoms with van der Waals surface area (Å²) in [5, 5.41) is 3.37. The van der Waals surface area contributed by atoms with Gasteiger partial charge in [-0.3, -0.25) is 0 Å². The average molecular weight is 247 g/mol. The molecule has 2 heterocycles. The molecule has 0 aliphatic rings. The maximum absolute atomic E-state index is 5.53. The Kier molecular flexibility index (Phi) is 4.59. The Balaban J connectivity index is 2.03. The lowest BCUT2D eigenvalue weighted by atomic mass is 10.1. The highest BCUT2D eigenvalue weighted by molar-refractivity contribution is 5.21. The first kappa shape index (κ1) is 12.9. The lowest BCUT2D eigenvalue weighted by Crippen LogP contribution is -2.14. The Labute approximate surface area is 108 Å². The zero-order chi connectivity index (χ0) is 12.8. The van der Waals surface area contributed by atoms with Crippen LogP contribution in [0.25, 0.3) is 0 Å². The summed E-state index contributed by atoms with van der Waals surface area (Å²) < 4.78 is 7.70. The fraction of sp³-hybridized carbons (Fsp3) is 0.500. The molecule has 0 bridgehead atoms. The van der Waals surface area contributed by atoms with E-state index >= 15 is 0 Å². The summed E-state index contributed by atoms with van der Waals surface area (Å²) in [5.74, 6) is 2.12. The Morgan fingerprint density at radius 3 is 3.06 bits per heavy atom. The highest BCUT2D eigenvalue weighted by Crippen LogP contribution is 2.15.